The number of unbranched alkanes of at least 4 members (excludes halogenated alkanes) is 10. The molecule has 4 rings (SSSR count). The average molecular weight is 636 g/mol. The third-order valence-corrected chi connectivity index (χ3v) is 7.75. The van der Waals surface area contributed by atoms with E-state index in [1.54, 1.807) is 91.0 Å². The van der Waals surface area contributed by atoms with Crippen LogP contribution in [-0.2, 0) is 0 Å². The average Bonchev–Trinajstić information content (AvgIpc) is 3.09. The third kappa shape index (κ3) is 11.8. The molecule has 0 radical (unpaired) electrons. The number of para-hydroxylation sites is 3. The van der Waals surface area contributed by atoms with E-state index in [9.17, 15) is 14.4 Å². The molecule has 4 aromatic rings. The number of benzene rings is 4. The summed E-state index contributed by atoms with van der Waals surface area (Å²) in [6.45, 7) is 2.87. The van der Waals surface area contributed by atoms with Crippen LogP contribution in [0.25, 0.3) is 0 Å². The first-order valence-electron chi connectivity index (χ1n) is 16.8. The minimum Gasteiger partial charge on any atom is -0.423 e. The van der Waals surface area contributed by atoms with Gasteiger partial charge >= 0.3 is 17.9 Å². The van der Waals surface area contributed by atoms with Crippen LogP contribution >= 0.6 is 0 Å². The van der Waals surface area contributed by atoms with E-state index in [0.29, 0.717) is 23.7 Å². The Kier molecular flexibility index (Phi) is 14.6. The first-order valence-corrected chi connectivity index (χ1v) is 16.8. The highest BCUT2D eigenvalue weighted by molar-refractivity contribution is 6.12. The normalized spacial score (nSPS) is 10.7. The molecule has 7 heteroatoms. The fourth-order valence-corrected chi connectivity index (χ4v) is 5.26. The molecule has 47 heavy (non-hydrogen) atoms. The predicted molar refractivity (Wildman–Crippen MR) is 186 cm³/mol. The molecule has 0 heterocycles. The van der Waals surface area contributed by atoms with Crippen molar-refractivity contribution in [2.75, 3.05) is 11.9 Å². The quantitative estimate of drug-likeness (QED) is 0.0623. The second-order valence-electron chi connectivity index (χ2n) is 11.5. The minimum atomic E-state index is -0.881. The Morgan fingerprint density at radius 2 is 0.851 bits per heavy atom. The maximum absolute atomic E-state index is 13.7. The summed E-state index contributed by atoms with van der Waals surface area (Å²) in [4.78, 5) is 41.0. The SMILES string of the molecule is CCCCCCCCCCCCCNc1cc(C(=O)Oc2ccccc2)c(C(=O)Oc2ccccc2)c(C(=O)Oc2ccccc2)c1. The van der Waals surface area contributed by atoms with E-state index in [1.165, 1.54) is 63.5 Å². The Morgan fingerprint density at radius 3 is 1.26 bits per heavy atom. The van der Waals surface area contributed by atoms with Crippen molar-refractivity contribution in [3.8, 4) is 17.2 Å². The molecular formula is C40H45NO6. The number of hydrogen-bond donors (Lipinski definition) is 1. The van der Waals surface area contributed by atoms with Crippen molar-refractivity contribution in [1.82, 2.24) is 0 Å². The summed E-state index contributed by atoms with van der Waals surface area (Å²) >= 11 is 0. The highest BCUT2D eigenvalue weighted by Gasteiger charge is 2.30. The number of carbonyl (C=O) groups is 3. The number of anilines is 1. The molecule has 4 aromatic carbocycles. The lowest BCUT2D eigenvalue weighted by Gasteiger charge is -2.16. The van der Waals surface area contributed by atoms with Gasteiger partial charge in [0.15, 0.2) is 0 Å². The van der Waals surface area contributed by atoms with Crippen LogP contribution < -0.4 is 19.5 Å². The lowest BCUT2D eigenvalue weighted by atomic mass is 9.99. The molecule has 0 aliphatic carbocycles. The molecule has 0 fully saturated rings. The number of nitrogens with one attached hydrogen (secondary N) is 1. The smallest absolute Gasteiger partial charge is 0.345 e. The van der Waals surface area contributed by atoms with Gasteiger partial charge in [0, 0.05) is 12.2 Å². The van der Waals surface area contributed by atoms with Gasteiger partial charge in [-0.3, -0.25) is 0 Å². The van der Waals surface area contributed by atoms with E-state index in [0.717, 1.165) is 19.3 Å². The van der Waals surface area contributed by atoms with Gasteiger partial charge in [0.05, 0.1) is 16.7 Å². The van der Waals surface area contributed by atoms with Gasteiger partial charge in [0.25, 0.3) is 0 Å². The Hall–Kier alpha value is -4.91. The zero-order valence-corrected chi connectivity index (χ0v) is 27.2. The Bertz CT molecular complexity index is 1460. The molecule has 1 N–H and O–H groups in total. The fraction of sp³-hybridized carbons (Fsp3) is 0.325. The summed E-state index contributed by atoms with van der Waals surface area (Å²) in [6, 6.07) is 28.6. The number of rotatable bonds is 19. The molecular weight excluding hydrogens is 590 g/mol. The van der Waals surface area contributed by atoms with Crippen LogP contribution in [0.3, 0.4) is 0 Å². The first-order chi connectivity index (χ1) is 23.0. The Balaban J connectivity index is 1.53. The molecule has 0 unspecified atom stereocenters. The highest BCUT2D eigenvalue weighted by atomic mass is 16.5. The molecule has 0 saturated carbocycles. The number of ether oxygens (including phenoxy) is 3. The molecule has 0 spiro atoms. The topological polar surface area (TPSA) is 90.9 Å². The van der Waals surface area contributed by atoms with Gasteiger partial charge in [-0.25, -0.2) is 14.4 Å². The third-order valence-electron chi connectivity index (χ3n) is 7.75. The van der Waals surface area contributed by atoms with E-state index in [-0.39, 0.29) is 22.4 Å². The number of carbonyl (C=O) groups excluding carboxylic acids is 3. The maximum atomic E-state index is 13.7. The van der Waals surface area contributed by atoms with Crippen LogP contribution in [0.2, 0.25) is 0 Å². The summed E-state index contributed by atoms with van der Waals surface area (Å²) in [5.74, 6) is -1.62. The van der Waals surface area contributed by atoms with Gasteiger partial charge in [-0.15, -0.1) is 0 Å². The number of hydrogen-bond acceptors (Lipinski definition) is 7. The molecule has 0 amide bonds. The molecule has 0 aliphatic heterocycles. The van der Waals surface area contributed by atoms with Crippen molar-refractivity contribution in [2.45, 2.75) is 77.6 Å². The lowest BCUT2D eigenvalue weighted by molar-refractivity contribution is 0.0674. The van der Waals surface area contributed by atoms with Crippen LogP contribution in [-0.4, -0.2) is 24.5 Å². The van der Waals surface area contributed by atoms with Gasteiger partial charge in [-0.1, -0.05) is 126 Å². The standard InChI is InChI=1S/C40H45NO6/c1-2-3-4-5-6-7-8-9-10-11-21-28-41-31-29-35(38(42)45-32-22-15-12-16-23-32)37(40(44)47-34-26-19-14-20-27-34)36(30-31)39(43)46-33-24-17-13-18-25-33/h12-20,22-27,29-30,41H,2-11,21,28H2,1H3. The fourth-order valence-electron chi connectivity index (χ4n) is 5.26. The van der Waals surface area contributed by atoms with Crippen LogP contribution in [0.5, 0.6) is 17.2 Å². The van der Waals surface area contributed by atoms with Gasteiger partial charge in [-0.2, -0.15) is 0 Å². The van der Waals surface area contributed by atoms with E-state index in [4.69, 9.17) is 14.2 Å². The van der Waals surface area contributed by atoms with E-state index in [1.807, 2.05) is 0 Å². The predicted octanol–water partition coefficient (Wildman–Crippen LogP) is 10.1. The minimum absolute atomic E-state index is 0.112. The van der Waals surface area contributed by atoms with E-state index < -0.39 is 17.9 Å². The molecule has 0 saturated heterocycles. The zero-order chi connectivity index (χ0) is 33.1. The van der Waals surface area contributed by atoms with E-state index in [2.05, 4.69) is 12.2 Å². The lowest BCUT2D eigenvalue weighted by Crippen LogP contribution is -2.24. The van der Waals surface area contributed by atoms with Crippen molar-refractivity contribution in [3.05, 3.63) is 120 Å². The van der Waals surface area contributed by atoms with Crippen molar-refractivity contribution < 1.29 is 28.6 Å². The van der Waals surface area contributed by atoms with Crippen molar-refractivity contribution in [3.63, 3.8) is 0 Å². The second-order valence-corrected chi connectivity index (χ2v) is 11.5. The summed E-state index contributed by atoms with van der Waals surface area (Å²) in [6.07, 6.45) is 13.5. The summed E-state index contributed by atoms with van der Waals surface area (Å²) in [5.41, 5.74) is 0.0294. The van der Waals surface area contributed by atoms with Gasteiger partial charge in [0.1, 0.15) is 17.2 Å². The largest absolute Gasteiger partial charge is 0.423 e. The monoisotopic (exact) mass is 635 g/mol. The molecule has 0 bridgehead atoms. The van der Waals surface area contributed by atoms with Crippen molar-refractivity contribution in [2.24, 2.45) is 0 Å². The molecule has 246 valence electrons. The number of esters is 3. The summed E-state index contributed by atoms with van der Waals surface area (Å²) in [7, 11) is 0. The zero-order valence-electron chi connectivity index (χ0n) is 27.2. The van der Waals surface area contributed by atoms with Crippen molar-refractivity contribution >= 4 is 23.6 Å². The Morgan fingerprint density at radius 1 is 0.489 bits per heavy atom. The van der Waals surface area contributed by atoms with Crippen LogP contribution in [0.15, 0.2) is 103 Å². The van der Waals surface area contributed by atoms with Gasteiger partial charge in [-0.05, 0) is 55.0 Å². The van der Waals surface area contributed by atoms with Gasteiger partial charge in [0.2, 0.25) is 0 Å². The second kappa shape index (κ2) is 19.6. The molecule has 0 aromatic heterocycles. The van der Waals surface area contributed by atoms with Crippen molar-refractivity contribution in [1.29, 1.82) is 0 Å². The molecule has 7 nitrogen and oxygen atoms in total. The van der Waals surface area contributed by atoms with E-state index >= 15 is 0 Å². The van der Waals surface area contributed by atoms with Crippen LogP contribution in [0.4, 0.5) is 5.69 Å². The maximum Gasteiger partial charge on any atom is 0.345 e. The molecule has 0 aliphatic rings. The Labute approximate surface area is 278 Å². The van der Waals surface area contributed by atoms with Crippen LogP contribution in [0, 0.1) is 0 Å². The summed E-state index contributed by atoms with van der Waals surface area (Å²) in [5, 5.41) is 3.34. The summed E-state index contributed by atoms with van der Waals surface area (Å²) < 4.78 is 16.9. The van der Waals surface area contributed by atoms with Gasteiger partial charge < -0.3 is 19.5 Å². The first kappa shape index (κ1) is 35.0. The highest BCUT2D eigenvalue weighted by Crippen LogP contribution is 2.27. The van der Waals surface area contributed by atoms with Crippen LogP contribution in [0.1, 0.15) is 109 Å². The molecule has 0 atom stereocenters.